The Kier molecular flexibility index (Phi) is 10.5. The van der Waals surface area contributed by atoms with Crippen molar-refractivity contribution in [1.82, 2.24) is 4.90 Å². The quantitative estimate of drug-likeness (QED) is 0.254. The van der Waals surface area contributed by atoms with Gasteiger partial charge in [-0.25, -0.2) is 0 Å². The monoisotopic (exact) mass is 535 g/mol. The lowest BCUT2D eigenvalue weighted by Gasteiger charge is -2.29. The van der Waals surface area contributed by atoms with Crippen LogP contribution < -0.4 is 14.2 Å². The highest BCUT2D eigenvalue weighted by Crippen LogP contribution is 2.33. The van der Waals surface area contributed by atoms with Gasteiger partial charge in [0.15, 0.2) is 11.5 Å². The molecule has 0 saturated heterocycles. The van der Waals surface area contributed by atoms with E-state index < -0.39 is 0 Å². The summed E-state index contributed by atoms with van der Waals surface area (Å²) in [7, 11) is 5.02. The Morgan fingerprint density at radius 2 is 1.57 bits per heavy atom. The summed E-state index contributed by atoms with van der Waals surface area (Å²) in [4.78, 5) is 2.48. The molecule has 0 N–H and O–H groups in total. The van der Waals surface area contributed by atoms with Crippen LogP contribution in [0, 0.1) is 11.8 Å². The molecule has 3 rings (SSSR count). The van der Waals surface area contributed by atoms with Gasteiger partial charge in [0, 0.05) is 23.1 Å². The molecule has 0 aliphatic carbocycles. The molecule has 0 heterocycles. The predicted octanol–water partition coefficient (Wildman–Crippen LogP) is 6.74. The molecule has 0 spiro atoms. The van der Waals surface area contributed by atoms with Crippen LogP contribution >= 0.6 is 15.9 Å². The van der Waals surface area contributed by atoms with Gasteiger partial charge in [0.2, 0.25) is 0 Å². The molecular formula is C30H34BrNO3. The second-order valence-corrected chi connectivity index (χ2v) is 9.16. The number of rotatable bonds is 11. The maximum atomic E-state index is 5.54. The van der Waals surface area contributed by atoms with E-state index in [1.165, 1.54) is 11.1 Å². The van der Waals surface area contributed by atoms with E-state index in [0.29, 0.717) is 0 Å². The van der Waals surface area contributed by atoms with Crippen molar-refractivity contribution in [2.24, 2.45) is 0 Å². The first kappa shape index (κ1) is 26.7. The van der Waals surface area contributed by atoms with Crippen molar-refractivity contribution in [3.8, 4) is 29.1 Å². The minimum Gasteiger partial charge on any atom is -0.497 e. The van der Waals surface area contributed by atoms with E-state index in [1.807, 2.05) is 36.4 Å². The average Bonchev–Trinajstić information content (AvgIpc) is 2.90. The molecule has 0 aliphatic rings. The lowest BCUT2D eigenvalue weighted by molar-refractivity contribution is 0.219. The van der Waals surface area contributed by atoms with Gasteiger partial charge in [-0.15, -0.1) is 0 Å². The first-order valence-electron chi connectivity index (χ1n) is 11.9. The summed E-state index contributed by atoms with van der Waals surface area (Å²) in [5.41, 5.74) is 3.45. The number of halogens is 1. The minimum absolute atomic E-state index is 0.140. The second kappa shape index (κ2) is 13.8. The molecule has 0 aliphatic heterocycles. The van der Waals surface area contributed by atoms with Crippen molar-refractivity contribution in [2.75, 3.05) is 27.9 Å². The van der Waals surface area contributed by atoms with Gasteiger partial charge in [0.1, 0.15) is 5.75 Å². The molecule has 35 heavy (non-hydrogen) atoms. The zero-order chi connectivity index (χ0) is 25.0. The predicted molar refractivity (Wildman–Crippen MR) is 146 cm³/mol. The van der Waals surface area contributed by atoms with Gasteiger partial charge >= 0.3 is 0 Å². The molecule has 0 amide bonds. The van der Waals surface area contributed by atoms with Crippen LogP contribution in [0.2, 0.25) is 0 Å². The van der Waals surface area contributed by atoms with Crippen LogP contribution in [-0.2, 0) is 13.0 Å². The van der Waals surface area contributed by atoms with E-state index in [4.69, 9.17) is 14.2 Å². The van der Waals surface area contributed by atoms with Crippen molar-refractivity contribution in [1.29, 1.82) is 0 Å². The third kappa shape index (κ3) is 7.78. The highest BCUT2D eigenvalue weighted by Gasteiger charge is 2.18. The average molecular weight is 537 g/mol. The molecule has 0 saturated carbocycles. The van der Waals surface area contributed by atoms with Crippen LogP contribution in [0.1, 0.15) is 36.5 Å². The van der Waals surface area contributed by atoms with Crippen LogP contribution in [0.15, 0.2) is 71.2 Å². The maximum absolute atomic E-state index is 5.54. The normalized spacial score (nSPS) is 11.5. The summed E-state index contributed by atoms with van der Waals surface area (Å²) in [6.07, 6.45) is 2.92. The molecule has 1 atom stereocenters. The Morgan fingerprint density at radius 1 is 0.886 bits per heavy atom. The van der Waals surface area contributed by atoms with E-state index in [9.17, 15) is 0 Å². The molecule has 1 unspecified atom stereocenters. The number of benzene rings is 3. The Bertz CT molecular complexity index is 1120. The standard InChI is InChI=1S/C30H34BrNO3/c1-5-9-26(15-12-23-10-7-6-8-11-23)32(22-24-13-16-27(33-2)17-14-24)19-18-25-20-29(34-3)30(35-4)21-28(25)31/h6-8,10-11,13-14,16-17,20-21,26H,5,9,18-19,22H2,1-4H3. The molecule has 0 fully saturated rings. The van der Waals surface area contributed by atoms with E-state index in [-0.39, 0.29) is 6.04 Å². The minimum atomic E-state index is 0.140. The third-order valence-electron chi connectivity index (χ3n) is 5.93. The SMILES string of the molecule is CCCC(C#Cc1ccccc1)N(CCc1cc(OC)c(OC)cc1Br)Cc1ccc(OC)cc1. The summed E-state index contributed by atoms with van der Waals surface area (Å²) < 4.78 is 17.3. The number of methoxy groups -OCH3 is 3. The van der Waals surface area contributed by atoms with Crippen molar-refractivity contribution in [2.45, 2.75) is 38.8 Å². The first-order valence-corrected chi connectivity index (χ1v) is 12.7. The lowest BCUT2D eigenvalue weighted by atomic mass is 10.1. The van der Waals surface area contributed by atoms with Crippen molar-refractivity contribution in [3.63, 3.8) is 0 Å². The molecule has 3 aromatic rings. The maximum Gasteiger partial charge on any atom is 0.161 e. The zero-order valence-corrected chi connectivity index (χ0v) is 22.6. The van der Waals surface area contributed by atoms with Gasteiger partial charge in [-0.1, -0.05) is 71.4 Å². The van der Waals surface area contributed by atoms with E-state index in [1.54, 1.807) is 21.3 Å². The van der Waals surface area contributed by atoms with Crippen LogP contribution in [-0.4, -0.2) is 38.8 Å². The van der Waals surface area contributed by atoms with Crippen LogP contribution in [0.4, 0.5) is 0 Å². The highest BCUT2D eigenvalue weighted by molar-refractivity contribution is 9.10. The van der Waals surface area contributed by atoms with Gasteiger partial charge < -0.3 is 14.2 Å². The number of nitrogens with zero attached hydrogens (tertiary/aromatic N) is 1. The second-order valence-electron chi connectivity index (χ2n) is 8.31. The third-order valence-corrected chi connectivity index (χ3v) is 6.66. The lowest BCUT2D eigenvalue weighted by Crippen LogP contribution is -2.35. The molecule has 5 heteroatoms. The van der Waals surface area contributed by atoms with Gasteiger partial charge in [0.05, 0.1) is 27.4 Å². The fourth-order valence-corrected chi connectivity index (χ4v) is 4.49. The van der Waals surface area contributed by atoms with Crippen molar-refractivity contribution >= 4 is 15.9 Å². The first-order chi connectivity index (χ1) is 17.1. The topological polar surface area (TPSA) is 30.9 Å². The fraction of sp³-hybridized carbons (Fsp3) is 0.333. The largest absolute Gasteiger partial charge is 0.497 e. The number of hydrogen-bond acceptors (Lipinski definition) is 4. The molecule has 0 radical (unpaired) electrons. The van der Waals surface area contributed by atoms with Gasteiger partial charge in [-0.2, -0.15) is 0 Å². The van der Waals surface area contributed by atoms with Crippen molar-refractivity contribution < 1.29 is 14.2 Å². The molecular weight excluding hydrogens is 502 g/mol. The Labute approximate surface area is 218 Å². The number of hydrogen-bond donors (Lipinski definition) is 0. The highest BCUT2D eigenvalue weighted by atomic mass is 79.9. The number of ether oxygens (including phenoxy) is 3. The summed E-state index contributed by atoms with van der Waals surface area (Å²) in [6, 6.07) is 22.7. The molecule has 0 bridgehead atoms. The summed E-state index contributed by atoms with van der Waals surface area (Å²) in [5.74, 6) is 9.29. The van der Waals surface area contributed by atoms with E-state index in [0.717, 1.165) is 59.6 Å². The van der Waals surface area contributed by atoms with Crippen LogP contribution in [0.5, 0.6) is 17.2 Å². The van der Waals surface area contributed by atoms with Crippen LogP contribution in [0.25, 0.3) is 0 Å². The van der Waals surface area contributed by atoms with Crippen LogP contribution in [0.3, 0.4) is 0 Å². The Balaban J connectivity index is 1.88. The smallest absolute Gasteiger partial charge is 0.161 e. The Hall–Kier alpha value is -2.94. The van der Waals surface area contributed by atoms with E-state index >= 15 is 0 Å². The van der Waals surface area contributed by atoms with Gasteiger partial charge in [-0.3, -0.25) is 4.90 Å². The van der Waals surface area contributed by atoms with Crippen molar-refractivity contribution in [3.05, 3.63) is 87.9 Å². The van der Waals surface area contributed by atoms with Gasteiger partial charge in [0.25, 0.3) is 0 Å². The molecule has 3 aromatic carbocycles. The Morgan fingerprint density at radius 3 is 2.20 bits per heavy atom. The fourth-order valence-electron chi connectivity index (χ4n) is 3.97. The van der Waals surface area contributed by atoms with E-state index in [2.05, 4.69) is 69.9 Å². The zero-order valence-electron chi connectivity index (χ0n) is 21.0. The molecule has 0 aromatic heterocycles. The summed E-state index contributed by atoms with van der Waals surface area (Å²) in [6.45, 7) is 3.88. The summed E-state index contributed by atoms with van der Waals surface area (Å²) in [5, 5.41) is 0. The summed E-state index contributed by atoms with van der Waals surface area (Å²) >= 11 is 3.72. The molecule has 4 nitrogen and oxygen atoms in total. The van der Waals surface area contributed by atoms with Gasteiger partial charge in [-0.05, 0) is 60.4 Å². The molecule has 184 valence electrons.